The van der Waals surface area contributed by atoms with Crippen LogP contribution in [0.4, 0.5) is 11.4 Å². The van der Waals surface area contributed by atoms with Gasteiger partial charge in [-0.25, -0.2) is 0 Å². The van der Waals surface area contributed by atoms with E-state index < -0.39 is 0 Å². The van der Waals surface area contributed by atoms with Crippen LogP contribution in [0.1, 0.15) is 32.4 Å². The largest absolute Gasteiger partial charge is 0.322 e. The van der Waals surface area contributed by atoms with Gasteiger partial charge in [-0.1, -0.05) is 42.0 Å². The Bertz CT molecular complexity index is 1050. The molecule has 0 radical (unpaired) electrons. The maximum absolute atomic E-state index is 12.5. The Kier molecular flexibility index (Phi) is 5.41. The maximum atomic E-state index is 12.5. The molecule has 1 heterocycles. The van der Waals surface area contributed by atoms with Gasteiger partial charge in [0.05, 0.1) is 5.75 Å². The summed E-state index contributed by atoms with van der Waals surface area (Å²) in [6.45, 7) is 4.02. The molecule has 3 aromatic carbocycles. The minimum Gasteiger partial charge on any atom is -0.322 e. The van der Waals surface area contributed by atoms with E-state index in [1.54, 1.807) is 11.8 Å². The second-order valence-corrected chi connectivity index (χ2v) is 8.28. The normalized spacial score (nSPS) is 16.1. The van der Waals surface area contributed by atoms with Gasteiger partial charge in [-0.05, 0) is 61.4 Å². The number of thioether (sulfide) groups is 1. The number of benzene rings is 3. The van der Waals surface area contributed by atoms with E-state index >= 15 is 0 Å². The van der Waals surface area contributed by atoms with Gasteiger partial charge in [0.2, 0.25) is 5.91 Å². The molecule has 4 nitrogen and oxygen atoms in total. The van der Waals surface area contributed by atoms with Gasteiger partial charge in [-0.15, -0.1) is 11.8 Å². The number of hydrogen-bond acceptors (Lipinski definition) is 3. The molecule has 0 saturated carbocycles. The summed E-state index contributed by atoms with van der Waals surface area (Å²) in [5, 5.41) is 2.86. The number of nitrogens with one attached hydrogen (secondary N) is 1. The van der Waals surface area contributed by atoms with Crippen molar-refractivity contribution in [1.29, 1.82) is 0 Å². The van der Waals surface area contributed by atoms with Crippen LogP contribution in [-0.2, 0) is 4.79 Å². The van der Waals surface area contributed by atoms with E-state index in [9.17, 15) is 9.59 Å². The molecule has 1 aliphatic heterocycles. The topological polar surface area (TPSA) is 49.4 Å². The van der Waals surface area contributed by atoms with Gasteiger partial charge in [0.15, 0.2) is 0 Å². The Morgan fingerprint density at radius 3 is 2.38 bits per heavy atom. The van der Waals surface area contributed by atoms with Crippen molar-refractivity contribution < 1.29 is 9.59 Å². The lowest BCUT2D eigenvalue weighted by Crippen LogP contribution is -2.27. The molecule has 0 aliphatic carbocycles. The van der Waals surface area contributed by atoms with Crippen LogP contribution in [0.15, 0.2) is 72.8 Å². The van der Waals surface area contributed by atoms with Gasteiger partial charge >= 0.3 is 0 Å². The highest BCUT2D eigenvalue weighted by Crippen LogP contribution is 2.42. The van der Waals surface area contributed by atoms with E-state index in [0.29, 0.717) is 11.3 Å². The summed E-state index contributed by atoms with van der Waals surface area (Å²) in [5.41, 5.74) is 5.56. The summed E-state index contributed by atoms with van der Waals surface area (Å²) in [6.07, 6.45) is 0. The number of carbonyl (C=O) groups is 2. The molecule has 146 valence electrons. The number of aryl methyl sites for hydroxylation is 2. The van der Waals surface area contributed by atoms with Crippen molar-refractivity contribution in [2.45, 2.75) is 19.2 Å². The Labute approximate surface area is 174 Å². The molecule has 1 saturated heterocycles. The number of rotatable bonds is 4. The molecule has 3 aromatic rings. The lowest BCUT2D eigenvalue weighted by Gasteiger charge is -2.25. The van der Waals surface area contributed by atoms with Crippen molar-refractivity contribution in [3.8, 4) is 0 Å². The van der Waals surface area contributed by atoms with Crippen LogP contribution in [-0.4, -0.2) is 17.6 Å². The molecule has 2 amide bonds. The summed E-state index contributed by atoms with van der Waals surface area (Å²) in [5.74, 6) is 0.441. The zero-order chi connectivity index (χ0) is 20.4. The second kappa shape index (κ2) is 8.13. The van der Waals surface area contributed by atoms with Crippen LogP contribution >= 0.6 is 11.8 Å². The van der Waals surface area contributed by atoms with Crippen molar-refractivity contribution in [1.82, 2.24) is 0 Å². The highest BCUT2D eigenvalue weighted by atomic mass is 32.2. The van der Waals surface area contributed by atoms with Crippen LogP contribution < -0.4 is 10.2 Å². The number of carbonyl (C=O) groups excluding carboxylic acids is 2. The minimum atomic E-state index is -0.135. The number of hydrogen-bond donors (Lipinski definition) is 1. The van der Waals surface area contributed by atoms with Crippen molar-refractivity contribution in [2.24, 2.45) is 0 Å². The van der Waals surface area contributed by atoms with Gasteiger partial charge in [-0.2, -0.15) is 0 Å². The van der Waals surface area contributed by atoms with Crippen LogP contribution in [0.25, 0.3) is 0 Å². The predicted molar refractivity (Wildman–Crippen MR) is 119 cm³/mol. The Hall–Kier alpha value is -3.05. The van der Waals surface area contributed by atoms with E-state index in [2.05, 4.69) is 5.32 Å². The standard InChI is InChI=1S/C24H22N2O2S/c1-16-6-8-18(9-7-16)23(28)25-20-12-10-19(11-13-20)24-26(22(27)15-29-24)21-5-3-4-17(2)14-21/h3-14,24H,15H2,1-2H3,(H,25,28)/t24-/m0/s1. The van der Waals surface area contributed by atoms with Gasteiger partial charge < -0.3 is 5.32 Å². The molecule has 0 unspecified atom stereocenters. The van der Waals surface area contributed by atoms with E-state index in [-0.39, 0.29) is 17.2 Å². The minimum absolute atomic E-state index is 0.0637. The summed E-state index contributed by atoms with van der Waals surface area (Å²) in [4.78, 5) is 26.8. The van der Waals surface area contributed by atoms with Crippen molar-refractivity contribution >= 4 is 35.0 Å². The van der Waals surface area contributed by atoms with Crippen LogP contribution in [0.3, 0.4) is 0 Å². The first-order valence-corrected chi connectivity index (χ1v) is 10.5. The molecule has 1 fully saturated rings. The lowest BCUT2D eigenvalue weighted by molar-refractivity contribution is -0.115. The van der Waals surface area contributed by atoms with Gasteiger partial charge in [0, 0.05) is 16.9 Å². The molecule has 0 spiro atoms. The van der Waals surface area contributed by atoms with Crippen molar-refractivity contribution in [2.75, 3.05) is 16.0 Å². The first-order chi connectivity index (χ1) is 14.0. The Balaban J connectivity index is 1.51. The molecule has 0 aromatic heterocycles. The number of amides is 2. The first kappa shape index (κ1) is 19.3. The van der Waals surface area contributed by atoms with E-state index in [0.717, 1.165) is 28.1 Å². The Morgan fingerprint density at radius 1 is 0.966 bits per heavy atom. The third-order valence-corrected chi connectivity index (χ3v) is 6.13. The van der Waals surface area contributed by atoms with Crippen LogP contribution in [0.5, 0.6) is 0 Å². The number of nitrogens with zero attached hydrogens (tertiary/aromatic N) is 1. The molecule has 1 aliphatic rings. The summed E-state index contributed by atoms with van der Waals surface area (Å²) < 4.78 is 0. The molecular weight excluding hydrogens is 380 g/mol. The molecule has 1 N–H and O–H groups in total. The fourth-order valence-corrected chi connectivity index (χ4v) is 4.54. The Morgan fingerprint density at radius 2 is 1.69 bits per heavy atom. The van der Waals surface area contributed by atoms with Gasteiger partial charge in [0.25, 0.3) is 5.91 Å². The third-order valence-electron chi connectivity index (χ3n) is 4.92. The zero-order valence-corrected chi connectivity index (χ0v) is 17.2. The molecule has 4 rings (SSSR count). The quantitative estimate of drug-likeness (QED) is 0.641. The average molecular weight is 403 g/mol. The SMILES string of the molecule is Cc1ccc(C(=O)Nc2ccc([C@@H]3SCC(=O)N3c3cccc(C)c3)cc2)cc1. The summed E-state index contributed by atoms with van der Waals surface area (Å²) >= 11 is 1.62. The van der Waals surface area contributed by atoms with Gasteiger partial charge in [0.1, 0.15) is 5.37 Å². The average Bonchev–Trinajstić information content (AvgIpc) is 3.10. The van der Waals surface area contributed by atoms with Gasteiger partial charge in [-0.3, -0.25) is 14.5 Å². The molecule has 5 heteroatoms. The molecule has 0 bridgehead atoms. The van der Waals surface area contributed by atoms with Crippen molar-refractivity contribution in [3.63, 3.8) is 0 Å². The number of anilines is 2. The third kappa shape index (κ3) is 4.20. The van der Waals surface area contributed by atoms with E-state index in [1.165, 1.54) is 0 Å². The summed E-state index contributed by atoms with van der Waals surface area (Å²) in [6, 6.07) is 23.2. The van der Waals surface area contributed by atoms with E-state index in [4.69, 9.17) is 0 Å². The van der Waals surface area contributed by atoms with Crippen LogP contribution in [0.2, 0.25) is 0 Å². The zero-order valence-electron chi connectivity index (χ0n) is 16.4. The van der Waals surface area contributed by atoms with Crippen LogP contribution in [0, 0.1) is 13.8 Å². The molecule has 29 heavy (non-hydrogen) atoms. The lowest BCUT2D eigenvalue weighted by atomic mass is 10.1. The monoisotopic (exact) mass is 402 g/mol. The maximum Gasteiger partial charge on any atom is 0.255 e. The predicted octanol–water partition coefficient (Wildman–Crippen LogP) is 5.33. The first-order valence-electron chi connectivity index (χ1n) is 9.49. The smallest absolute Gasteiger partial charge is 0.255 e. The highest BCUT2D eigenvalue weighted by Gasteiger charge is 2.34. The second-order valence-electron chi connectivity index (χ2n) is 7.21. The molecular formula is C24H22N2O2S. The summed E-state index contributed by atoms with van der Waals surface area (Å²) in [7, 11) is 0. The van der Waals surface area contributed by atoms with E-state index in [1.807, 2.05) is 91.5 Å². The molecule has 1 atom stereocenters. The van der Waals surface area contributed by atoms with Crippen molar-refractivity contribution in [3.05, 3.63) is 95.1 Å². The fraction of sp³-hybridized carbons (Fsp3) is 0.167. The highest BCUT2D eigenvalue weighted by molar-refractivity contribution is 8.00. The fourth-order valence-electron chi connectivity index (χ4n) is 3.37.